The van der Waals surface area contributed by atoms with Crippen molar-refractivity contribution in [3.05, 3.63) is 0 Å². The van der Waals surface area contributed by atoms with Crippen LogP contribution in [0.4, 0.5) is 0 Å². The summed E-state index contributed by atoms with van der Waals surface area (Å²) in [6.45, 7) is 15.1. The van der Waals surface area contributed by atoms with Crippen LogP contribution in [0.1, 0.15) is 266 Å². The van der Waals surface area contributed by atoms with Gasteiger partial charge in [0, 0.05) is 13.0 Å². The average Bonchev–Trinajstić information content (AvgIpc) is 3.18. The molecule has 332 valence electrons. The molecular weight excluding hydrogens is 683 g/mol. The van der Waals surface area contributed by atoms with Gasteiger partial charge in [0.25, 0.3) is 6.47 Å². The molecular formula is C49H101NO5. The number of hydrogen-bond donors (Lipinski definition) is 1. The molecule has 6 nitrogen and oxygen atoms in total. The van der Waals surface area contributed by atoms with Crippen LogP contribution in [-0.4, -0.2) is 61.9 Å². The lowest BCUT2D eigenvalue weighted by molar-refractivity contribution is -0.144. The Morgan fingerprint density at radius 1 is 0.491 bits per heavy atom. The Morgan fingerprint density at radius 3 is 1.20 bits per heavy atom. The van der Waals surface area contributed by atoms with Gasteiger partial charge in [-0.2, -0.15) is 0 Å². The summed E-state index contributed by atoms with van der Waals surface area (Å²) in [5, 5.41) is 8.07. The van der Waals surface area contributed by atoms with Gasteiger partial charge in [-0.15, -0.1) is 0 Å². The first kappa shape index (κ1) is 58.2. The highest BCUT2D eigenvalue weighted by atomic mass is 16.5. The number of aliphatic hydroxyl groups excluding tert-OH is 1. The van der Waals surface area contributed by atoms with E-state index in [1.165, 1.54) is 186 Å². The van der Waals surface area contributed by atoms with Crippen LogP contribution in [-0.2, 0) is 19.1 Å². The van der Waals surface area contributed by atoms with Crippen molar-refractivity contribution in [3.63, 3.8) is 0 Å². The van der Waals surface area contributed by atoms with Crippen molar-refractivity contribution >= 4 is 12.4 Å². The average molecular weight is 784 g/mol. The van der Waals surface area contributed by atoms with Crippen molar-refractivity contribution in [1.82, 2.24) is 4.90 Å². The minimum Gasteiger partial charge on any atom is -0.466 e. The van der Waals surface area contributed by atoms with E-state index < -0.39 is 0 Å². The Balaban J connectivity index is -0.000000927. The number of hydrogen-bond acceptors (Lipinski definition) is 6. The van der Waals surface area contributed by atoms with E-state index >= 15 is 0 Å². The number of carbonyl (C=O) groups is 2. The number of esters is 1. The van der Waals surface area contributed by atoms with Gasteiger partial charge in [-0.1, -0.05) is 202 Å². The van der Waals surface area contributed by atoms with Crippen LogP contribution in [0.3, 0.4) is 0 Å². The topological polar surface area (TPSA) is 76.1 Å². The second kappa shape index (κ2) is 55.0. The summed E-state index contributed by atoms with van der Waals surface area (Å²) in [5.41, 5.74) is 0. The lowest BCUT2D eigenvalue weighted by Crippen LogP contribution is -2.20. The molecule has 0 unspecified atom stereocenters. The molecule has 0 aliphatic carbocycles. The maximum Gasteiger partial charge on any atom is 0.305 e. The standard InChI is InChI=1S/C27H55NO2.C18H36O2.C4H10O/c1-4-6-8-10-12-13-15-17-22-26-30-27(29)23-19-18-21-25-28(3)24-20-16-14-11-9-7-5-2;1-3-5-7-9-11-13-15-18(20-17-19)16-14-12-10-8-6-4-2;1-2-3-4-5/h4-26H2,1-3H3;17-18H,3-16H2,1-2H3;5H,2-4H2,1H3. The molecule has 6 heteroatoms. The van der Waals surface area contributed by atoms with Crippen LogP contribution in [0, 0.1) is 0 Å². The molecule has 0 spiro atoms. The molecule has 0 radical (unpaired) electrons. The lowest BCUT2D eigenvalue weighted by Gasteiger charge is -2.16. The van der Waals surface area contributed by atoms with Crippen LogP contribution in [0.25, 0.3) is 0 Å². The van der Waals surface area contributed by atoms with Crippen LogP contribution in [0.2, 0.25) is 0 Å². The SMILES string of the molecule is CCCCCCCCC(CCCCCCCC)OC=O.CCCCCCCCCCCOC(=O)CCCCCN(C)CCCCCCCCC.CCCCO. The van der Waals surface area contributed by atoms with Crippen molar-refractivity contribution in [2.45, 2.75) is 272 Å². The van der Waals surface area contributed by atoms with Gasteiger partial charge in [0.1, 0.15) is 6.10 Å². The molecule has 55 heavy (non-hydrogen) atoms. The third-order valence-corrected chi connectivity index (χ3v) is 10.6. The second-order valence-corrected chi connectivity index (χ2v) is 16.3. The smallest absolute Gasteiger partial charge is 0.305 e. The molecule has 0 aromatic carbocycles. The van der Waals surface area contributed by atoms with Crippen LogP contribution in [0.15, 0.2) is 0 Å². The summed E-state index contributed by atoms with van der Waals surface area (Å²) in [6.07, 6.45) is 45.2. The third-order valence-electron chi connectivity index (χ3n) is 10.6. The molecule has 0 aliphatic rings. The number of rotatable bonds is 42. The Kier molecular flexibility index (Phi) is 58.1. The van der Waals surface area contributed by atoms with Gasteiger partial charge >= 0.3 is 5.97 Å². The fourth-order valence-electron chi connectivity index (χ4n) is 6.77. The summed E-state index contributed by atoms with van der Waals surface area (Å²) in [5.74, 6) is 0.00555. The summed E-state index contributed by atoms with van der Waals surface area (Å²) in [6, 6.07) is 0. The number of unbranched alkanes of at least 4 members (excludes halogenated alkanes) is 27. The van der Waals surface area contributed by atoms with Crippen molar-refractivity contribution < 1.29 is 24.2 Å². The Labute approximate surface area is 345 Å². The van der Waals surface area contributed by atoms with E-state index in [1.54, 1.807) is 0 Å². The normalized spacial score (nSPS) is 10.9. The first-order valence-corrected chi connectivity index (χ1v) is 24.5. The highest BCUT2D eigenvalue weighted by Crippen LogP contribution is 2.16. The zero-order valence-corrected chi connectivity index (χ0v) is 38.5. The van der Waals surface area contributed by atoms with E-state index in [-0.39, 0.29) is 12.1 Å². The van der Waals surface area contributed by atoms with Gasteiger partial charge in [0.2, 0.25) is 0 Å². The third kappa shape index (κ3) is 57.3. The molecule has 0 saturated heterocycles. The monoisotopic (exact) mass is 784 g/mol. The van der Waals surface area contributed by atoms with E-state index in [1.807, 2.05) is 0 Å². The van der Waals surface area contributed by atoms with Crippen LogP contribution in [0.5, 0.6) is 0 Å². The lowest BCUT2D eigenvalue weighted by atomic mass is 10.0. The molecule has 0 fully saturated rings. The highest BCUT2D eigenvalue weighted by molar-refractivity contribution is 5.69. The van der Waals surface area contributed by atoms with Crippen molar-refractivity contribution in [3.8, 4) is 0 Å². The van der Waals surface area contributed by atoms with Gasteiger partial charge < -0.3 is 19.5 Å². The quantitative estimate of drug-likeness (QED) is 0.0377. The molecule has 0 rings (SSSR count). The zero-order valence-electron chi connectivity index (χ0n) is 38.5. The first-order valence-electron chi connectivity index (χ1n) is 24.5. The molecule has 0 aromatic rings. The minimum atomic E-state index is 0.00555. The molecule has 0 aromatic heterocycles. The summed E-state index contributed by atoms with van der Waals surface area (Å²) >= 11 is 0. The minimum absolute atomic E-state index is 0.00555. The highest BCUT2D eigenvalue weighted by Gasteiger charge is 2.09. The maximum atomic E-state index is 11.8. The van der Waals surface area contributed by atoms with Gasteiger partial charge in [-0.05, 0) is 77.9 Å². The van der Waals surface area contributed by atoms with Crippen LogP contribution < -0.4 is 0 Å². The van der Waals surface area contributed by atoms with Crippen LogP contribution >= 0.6 is 0 Å². The van der Waals surface area contributed by atoms with Gasteiger partial charge in [-0.3, -0.25) is 9.59 Å². The maximum absolute atomic E-state index is 11.8. The number of nitrogens with zero attached hydrogens (tertiary/aromatic N) is 1. The largest absolute Gasteiger partial charge is 0.466 e. The van der Waals surface area contributed by atoms with Gasteiger partial charge in [-0.25, -0.2) is 0 Å². The fraction of sp³-hybridized carbons (Fsp3) is 0.959. The number of ether oxygens (including phenoxy) is 2. The van der Waals surface area contributed by atoms with E-state index in [0.717, 1.165) is 51.5 Å². The zero-order chi connectivity index (χ0) is 41.1. The van der Waals surface area contributed by atoms with Crippen molar-refractivity contribution in [1.29, 1.82) is 0 Å². The molecule has 0 saturated carbocycles. The van der Waals surface area contributed by atoms with Gasteiger partial charge in [0.15, 0.2) is 0 Å². The van der Waals surface area contributed by atoms with E-state index in [4.69, 9.17) is 14.6 Å². The predicted molar refractivity (Wildman–Crippen MR) is 241 cm³/mol. The van der Waals surface area contributed by atoms with Crippen molar-refractivity contribution in [2.75, 3.05) is 33.4 Å². The van der Waals surface area contributed by atoms with E-state index in [2.05, 4.69) is 46.6 Å². The molecule has 1 N–H and O–H groups in total. The summed E-state index contributed by atoms with van der Waals surface area (Å²) in [4.78, 5) is 24.8. The molecule has 0 aliphatic heterocycles. The predicted octanol–water partition coefficient (Wildman–Crippen LogP) is 15.1. The number of carbonyl (C=O) groups excluding carboxylic acids is 2. The van der Waals surface area contributed by atoms with Crippen molar-refractivity contribution in [2.24, 2.45) is 0 Å². The van der Waals surface area contributed by atoms with E-state index in [0.29, 0.717) is 26.1 Å². The Hall–Kier alpha value is -1.14. The van der Waals surface area contributed by atoms with E-state index in [9.17, 15) is 9.59 Å². The Morgan fingerprint density at radius 2 is 0.836 bits per heavy atom. The summed E-state index contributed by atoms with van der Waals surface area (Å²) < 4.78 is 10.6. The molecule has 0 amide bonds. The first-order chi connectivity index (χ1) is 27.0. The molecule has 0 heterocycles. The molecule has 0 atom stereocenters. The van der Waals surface area contributed by atoms with Gasteiger partial charge in [0.05, 0.1) is 6.61 Å². The number of aliphatic hydroxyl groups is 1. The fourth-order valence-corrected chi connectivity index (χ4v) is 6.77. The Bertz CT molecular complexity index is 672. The summed E-state index contributed by atoms with van der Waals surface area (Å²) in [7, 11) is 2.23. The molecule has 0 bridgehead atoms. The second-order valence-electron chi connectivity index (χ2n) is 16.3.